The van der Waals surface area contributed by atoms with Crippen molar-refractivity contribution in [3.8, 4) is 5.75 Å². The number of halogens is 5. The van der Waals surface area contributed by atoms with Crippen LogP contribution in [0.1, 0.15) is 6.42 Å². The lowest BCUT2D eigenvalue weighted by molar-refractivity contribution is -0.136. The molecule has 1 aromatic rings. The zero-order valence-electron chi connectivity index (χ0n) is 10.2. The third-order valence-corrected chi connectivity index (χ3v) is 2.95. The molecular formula is C11H10F5NO2S. The van der Waals surface area contributed by atoms with Gasteiger partial charge in [-0.25, -0.2) is 18.0 Å². The van der Waals surface area contributed by atoms with Crippen molar-refractivity contribution < 1.29 is 31.5 Å². The van der Waals surface area contributed by atoms with Crippen molar-refractivity contribution >= 4 is 17.7 Å². The molecule has 9 heteroatoms. The summed E-state index contributed by atoms with van der Waals surface area (Å²) in [6, 6.07) is -1.22. The van der Waals surface area contributed by atoms with Gasteiger partial charge in [-0.05, 0) is 18.4 Å². The van der Waals surface area contributed by atoms with Gasteiger partial charge in [-0.3, -0.25) is 0 Å². The molecular weight excluding hydrogens is 305 g/mol. The second-order valence-electron chi connectivity index (χ2n) is 3.71. The van der Waals surface area contributed by atoms with Gasteiger partial charge < -0.3 is 10.5 Å². The van der Waals surface area contributed by atoms with Gasteiger partial charge in [-0.15, -0.1) is 0 Å². The minimum absolute atomic E-state index is 0.134. The number of hydrogen-bond donors (Lipinski definition) is 1. The molecule has 112 valence electrons. The number of hydrogen-bond acceptors (Lipinski definition) is 4. The summed E-state index contributed by atoms with van der Waals surface area (Å²) in [5.41, 5.74) is 5.36. The largest absolute Gasteiger partial charge is 0.419 e. The maximum absolute atomic E-state index is 13.2. The molecule has 2 N–H and O–H groups in total. The molecule has 1 rings (SSSR count). The Labute approximate surface area is 115 Å². The van der Waals surface area contributed by atoms with E-state index in [9.17, 15) is 26.7 Å². The van der Waals surface area contributed by atoms with Crippen LogP contribution in [0.2, 0.25) is 0 Å². The number of esters is 1. The Bertz CT molecular complexity index is 497. The van der Waals surface area contributed by atoms with Crippen LogP contribution in [0.15, 0.2) is 0 Å². The number of carbonyl (C=O) groups is 1. The highest BCUT2D eigenvalue weighted by molar-refractivity contribution is 7.98. The standard InChI is InChI=1S/C11H10F5NO2S/c1-20-3-2-4(17)11(18)19-10-8(15)6(13)5(12)7(14)9(10)16/h4H,2-3,17H2,1H3/t4-/m0/s1. The van der Waals surface area contributed by atoms with Gasteiger partial charge in [0.2, 0.25) is 34.8 Å². The van der Waals surface area contributed by atoms with E-state index in [1.165, 1.54) is 11.8 Å². The zero-order chi connectivity index (χ0) is 15.4. The summed E-state index contributed by atoms with van der Waals surface area (Å²) in [7, 11) is 0. The number of carbonyl (C=O) groups excluding carboxylic acids is 1. The highest BCUT2D eigenvalue weighted by Crippen LogP contribution is 2.29. The van der Waals surface area contributed by atoms with Gasteiger partial charge in [0.05, 0.1) is 0 Å². The number of nitrogens with two attached hydrogens (primary N) is 1. The fourth-order valence-electron chi connectivity index (χ4n) is 1.21. The molecule has 3 nitrogen and oxygen atoms in total. The van der Waals surface area contributed by atoms with Crippen LogP contribution in [0.4, 0.5) is 22.0 Å². The molecule has 0 radical (unpaired) electrons. The molecule has 1 aromatic carbocycles. The molecule has 0 saturated heterocycles. The third-order valence-electron chi connectivity index (χ3n) is 2.31. The molecule has 0 aliphatic carbocycles. The van der Waals surface area contributed by atoms with E-state index in [2.05, 4.69) is 4.74 Å². The highest BCUT2D eigenvalue weighted by Gasteiger charge is 2.29. The predicted octanol–water partition coefficient (Wildman–Crippen LogP) is 2.37. The minimum atomic E-state index is -2.33. The average Bonchev–Trinajstić information content (AvgIpc) is 2.44. The molecule has 20 heavy (non-hydrogen) atoms. The number of benzene rings is 1. The molecule has 0 spiro atoms. The molecule has 1 atom stereocenters. The summed E-state index contributed by atoms with van der Waals surface area (Å²) in [6.45, 7) is 0. The smallest absolute Gasteiger partial charge is 0.328 e. The summed E-state index contributed by atoms with van der Waals surface area (Å²) in [4.78, 5) is 11.4. The maximum Gasteiger partial charge on any atom is 0.328 e. The molecule has 0 fully saturated rings. The Morgan fingerprint density at radius 2 is 1.55 bits per heavy atom. The van der Waals surface area contributed by atoms with Crippen molar-refractivity contribution in [1.29, 1.82) is 0 Å². The van der Waals surface area contributed by atoms with E-state index in [-0.39, 0.29) is 6.42 Å². The fourth-order valence-corrected chi connectivity index (χ4v) is 1.70. The predicted molar refractivity (Wildman–Crippen MR) is 62.8 cm³/mol. The Hall–Kier alpha value is -1.35. The Morgan fingerprint density at radius 3 is 2.00 bits per heavy atom. The molecule has 0 saturated carbocycles. The summed E-state index contributed by atoms with van der Waals surface area (Å²) in [5.74, 6) is -13.6. The van der Waals surface area contributed by atoms with Gasteiger partial charge in [0.25, 0.3) is 0 Å². The Kier molecular flexibility index (Phi) is 5.75. The van der Waals surface area contributed by atoms with Crippen LogP contribution in [-0.2, 0) is 4.79 Å². The first-order valence-corrected chi connectivity index (χ1v) is 6.68. The number of ether oxygens (including phenoxy) is 1. The van der Waals surface area contributed by atoms with Crippen LogP contribution in [0.5, 0.6) is 5.75 Å². The van der Waals surface area contributed by atoms with Crippen LogP contribution in [0.25, 0.3) is 0 Å². The van der Waals surface area contributed by atoms with E-state index in [1.54, 1.807) is 6.26 Å². The molecule has 0 unspecified atom stereocenters. The van der Waals surface area contributed by atoms with Crippen LogP contribution >= 0.6 is 11.8 Å². The first-order valence-electron chi connectivity index (χ1n) is 5.28. The number of rotatable bonds is 5. The van der Waals surface area contributed by atoms with E-state index in [0.717, 1.165) is 0 Å². The molecule has 0 heterocycles. The van der Waals surface area contributed by atoms with Crippen molar-refractivity contribution in [3.63, 3.8) is 0 Å². The van der Waals surface area contributed by atoms with Crippen LogP contribution in [-0.4, -0.2) is 24.0 Å². The van der Waals surface area contributed by atoms with Gasteiger partial charge in [-0.1, -0.05) is 0 Å². The van der Waals surface area contributed by atoms with Gasteiger partial charge in [0.1, 0.15) is 6.04 Å². The van der Waals surface area contributed by atoms with Gasteiger partial charge in [0.15, 0.2) is 0 Å². The summed E-state index contributed by atoms with van der Waals surface area (Å²) >= 11 is 1.36. The minimum Gasteiger partial charge on any atom is -0.419 e. The first kappa shape index (κ1) is 16.7. The van der Waals surface area contributed by atoms with Crippen LogP contribution in [0.3, 0.4) is 0 Å². The monoisotopic (exact) mass is 315 g/mol. The van der Waals surface area contributed by atoms with Crippen molar-refractivity contribution in [2.24, 2.45) is 5.73 Å². The van der Waals surface area contributed by atoms with Gasteiger partial charge in [-0.2, -0.15) is 20.5 Å². The van der Waals surface area contributed by atoms with Crippen LogP contribution in [0, 0.1) is 29.1 Å². The molecule has 0 aliphatic rings. The van der Waals surface area contributed by atoms with Gasteiger partial charge >= 0.3 is 5.97 Å². The highest BCUT2D eigenvalue weighted by atomic mass is 32.2. The van der Waals surface area contributed by atoms with Crippen molar-refractivity contribution in [1.82, 2.24) is 0 Å². The van der Waals surface area contributed by atoms with E-state index in [4.69, 9.17) is 5.73 Å². The van der Waals surface area contributed by atoms with Gasteiger partial charge in [0, 0.05) is 0 Å². The molecule has 0 aromatic heterocycles. The quantitative estimate of drug-likeness (QED) is 0.298. The van der Waals surface area contributed by atoms with Crippen molar-refractivity contribution in [2.75, 3.05) is 12.0 Å². The Balaban J connectivity index is 3.01. The van der Waals surface area contributed by atoms with E-state index < -0.39 is 46.8 Å². The summed E-state index contributed by atoms with van der Waals surface area (Å²) in [5, 5.41) is 0. The first-order chi connectivity index (χ1) is 9.31. The van der Waals surface area contributed by atoms with E-state index >= 15 is 0 Å². The SMILES string of the molecule is CSCC[C@H](N)C(=O)Oc1c(F)c(F)c(F)c(F)c1F. The van der Waals surface area contributed by atoms with Crippen molar-refractivity contribution in [2.45, 2.75) is 12.5 Å². The van der Waals surface area contributed by atoms with Crippen molar-refractivity contribution in [3.05, 3.63) is 29.1 Å². The average molecular weight is 315 g/mol. The number of thioether (sulfide) groups is 1. The second kappa shape index (κ2) is 6.89. The van der Waals surface area contributed by atoms with Crippen LogP contribution < -0.4 is 10.5 Å². The molecule has 0 bridgehead atoms. The molecule has 0 amide bonds. The topological polar surface area (TPSA) is 52.3 Å². The van der Waals surface area contributed by atoms with E-state index in [0.29, 0.717) is 5.75 Å². The lowest BCUT2D eigenvalue weighted by atomic mass is 10.2. The third kappa shape index (κ3) is 3.40. The lowest BCUT2D eigenvalue weighted by Crippen LogP contribution is -2.35. The second-order valence-corrected chi connectivity index (χ2v) is 4.69. The zero-order valence-corrected chi connectivity index (χ0v) is 11.0. The van der Waals surface area contributed by atoms with E-state index in [1.807, 2.05) is 0 Å². The lowest BCUT2D eigenvalue weighted by Gasteiger charge is -2.12. The Morgan fingerprint density at radius 1 is 1.10 bits per heavy atom. The fraction of sp³-hybridized carbons (Fsp3) is 0.364. The summed E-state index contributed by atoms with van der Waals surface area (Å²) < 4.78 is 69.2. The molecule has 0 aliphatic heterocycles. The normalized spacial score (nSPS) is 12.3. The maximum atomic E-state index is 13.2. The summed E-state index contributed by atoms with van der Waals surface area (Å²) in [6.07, 6.45) is 1.87.